The summed E-state index contributed by atoms with van der Waals surface area (Å²) < 4.78 is 24.6. The van der Waals surface area contributed by atoms with Crippen LogP contribution >= 0.6 is 22.7 Å². The van der Waals surface area contributed by atoms with Gasteiger partial charge in [0.15, 0.2) is 0 Å². The summed E-state index contributed by atoms with van der Waals surface area (Å²) in [5.74, 6) is -0.414. The summed E-state index contributed by atoms with van der Waals surface area (Å²) >= 11 is 2.99. The Morgan fingerprint density at radius 2 is 1.22 bits per heavy atom. The third-order valence-electron chi connectivity index (χ3n) is 9.95. The van der Waals surface area contributed by atoms with E-state index in [1.807, 2.05) is 54.6 Å². The molecule has 0 aliphatic heterocycles. The van der Waals surface area contributed by atoms with Crippen LogP contribution in [0.3, 0.4) is 0 Å². The zero-order chi connectivity index (χ0) is 45.2. The van der Waals surface area contributed by atoms with Gasteiger partial charge in [-0.2, -0.15) is 10.2 Å². The van der Waals surface area contributed by atoms with Crippen LogP contribution in [0.15, 0.2) is 132 Å². The van der Waals surface area contributed by atoms with Crippen molar-refractivity contribution in [1.29, 1.82) is 0 Å². The number of anilines is 2. The SMILES string of the molecule is C=CC(=O)OCCCCCCOc1ccc(C(=O)Oc2ccc(C(=O)Oc3cc(/C=N/Nc4nc5ccccc5s4)c(CCCCC)cc3/C=N/Nc3nc4ccccc4s3)cc2)cc1. The third kappa shape index (κ3) is 13.4. The number of aromatic nitrogens is 2. The number of hydrogen-bond acceptors (Lipinski definition) is 15. The van der Waals surface area contributed by atoms with Gasteiger partial charge in [-0.15, -0.1) is 0 Å². The highest BCUT2D eigenvalue weighted by Gasteiger charge is 2.17. The number of nitrogens with one attached hydrogen (secondary N) is 2. The van der Waals surface area contributed by atoms with Gasteiger partial charge in [-0.1, -0.05) is 73.3 Å². The summed E-state index contributed by atoms with van der Waals surface area (Å²) in [6, 6.07) is 32.4. The molecule has 0 spiro atoms. The predicted octanol–water partition coefficient (Wildman–Crippen LogP) is 11.6. The molecule has 7 rings (SSSR count). The number of nitrogens with zero attached hydrogens (tertiary/aromatic N) is 4. The van der Waals surface area contributed by atoms with Gasteiger partial charge in [0.2, 0.25) is 10.3 Å². The van der Waals surface area contributed by atoms with E-state index < -0.39 is 17.9 Å². The predicted molar refractivity (Wildman–Crippen MR) is 259 cm³/mol. The van der Waals surface area contributed by atoms with Crippen LogP contribution in [0.1, 0.15) is 89.3 Å². The fourth-order valence-corrected chi connectivity index (χ4v) is 8.19. The average Bonchev–Trinajstić information content (AvgIpc) is 3.95. The highest BCUT2D eigenvalue weighted by molar-refractivity contribution is 7.22. The molecule has 0 amide bonds. The van der Waals surface area contributed by atoms with Crippen LogP contribution in [0, 0.1) is 0 Å². The van der Waals surface area contributed by atoms with Crippen molar-refractivity contribution in [3.05, 3.63) is 150 Å². The van der Waals surface area contributed by atoms with E-state index in [0.717, 1.165) is 89.0 Å². The Kier molecular flexibility index (Phi) is 16.5. The third-order valence-corrected chi connectivity index (χ3v) is 11.8. The number of fused-ring (bicyclic) bond motifs is 2. The summed E-state index contributed by atoms with van der Waals surface area (Å²) in [4.78, 5) is 47.1. The number of unbranched alkanes of at least 4 members (excludes halogenated alkanes) is 5. The van der Waals surface area contributed by atoms with Crippen molar-refractivity contribution < 1.29 is 33.3 Å². The summed E-state index contributed by atoms with van der Waals surface area (Å²) in [5, 5.41) is 10.3. The van der Waals surface area contributed by atoms with Crippen LogP contribution in [0.4, 0.5) is 10.3 Å². The van der Waals surface area contributed by atoms with Crippen molar-refractivity contribution in [3.63, 3.8) is 0 Å². The van der Waals surface area contributed by atoms with Gasteiger partial charge < -0.3 is 18.9 Å². The molecule has 0 aliphatic carbocycles. The number of ether oxygens (including phenoxy) is 4. The number of rotatable bonds is 23. The molecule has 0 bridgehead atoms. The maximum absolute atomic E-state index is 13.7. The minimum Gasteiger partial charge on any atom is -0.494 e. The second-order valence-corrected chi connectivity index (χ2v) is 16.8. The lowest BCUT2D eigenvalue weighted by atomic mass is 9.98. The lowest BCUT2D eigenvalue weighted by Gasteiger charge is -2.13. The van der Waals surface area contributed by atoms with Crippen molar-refractivity contribution in [2.75, 3.05) is 24.1 Å². The molecule has 2 heterocycles. The number of carbonyl (C=O) groups is 3. The minimum absolute atomic E-state index is 0.248. The summed E-state index contributed by atoms with van der Waals surface area (Å²) in [6.45, 7) is 6.44. The van der Waals surface area contributed by atoms with Crippen LogP contribution in [0.25, 0.3) is 20.4 Å². The molecule has 2 N–H and O–H groups in total. The van der Waals surface area contributed by atoms with Crippen LogP contribution in [-0.2, 0) is 16.0 Å². The van der Waals surface area contributed by atoms with Gasteiger partial charge in [0, 0.05) is 17.2 Å². The summed E-state index contributed by atoms with van der Waals surface area (Å²) in [7, 11) is 0. The molecule has 0 fully saturated rings. The van der Waals surface area contributed by atoms with Gasteiger partial charge in [0.25, 0.3) is 0 Å². The Hall–Kier alpha value is -7.23. The lowest BCUT2D eigenvalue weighted by molar-refractivity contribution is -0.137. The van der Waals surface area contributed by atoms with Crippen molar-refractivity contribution in [2.45, 2.75) is 58.3 Å². The van der Waals surface area contributed by atoms with Crippen LogP contribution < -0.4 is 25.1 Å². The van der Waals surface area contributed by atoms with Crippen molar-refractivity contribution in [2.24, 2.45) is 10.2 Å². The Morgan fingerprint density at radius 3 is 1.82 bits per heavy atom. The van der Waals surface area contributed by atoms with Gasteiger partial charge in [0.05, 0.1) is 57.2 Å². The zero-order valence-electron chi connectivity index (χ0n) is 35.9. The monoisotopic (exact) mass is 908 g/mol. The summed E-state index contributed by atoms with van der Waals surface area (Å²) in [6.07, 6.45) is 11.8. The lowest BCUT2D eigenvalue weighted by Crippen LogP contribution is -2.12. The average molecular weight is 909 g/mol. The van der Waals surface area contributed by atoms with E-state index in [1.54, 1.807) is 67.0 Å². The number of hydrogen-bond donors (Lipinski definition) is 2. The maximum Gasteiger partial charge on any atom is 0.343 e. The molecule has 15 heteroatoms. The number of hydrazone groups is 2. The summed E-state index contributed by atoms with van der Waals surface area (Å²) in [5.41, 5.74) is 10.8. The zero-order valence-corrected chi connectivity index (χ0v) is 37.5. The first-order chi connectivity index (χ1) is 31.8. The van der Waals surface area contributed by atoms with E-state index in [4.69, 9.17) is 18.9 Å². The fraction of sp³-hybridized carbons (Fsp3) is 0.220. The molecule has 0 unspecified atom stereocenters. The van der Waals surface area contributed by atoms with Crippen molar-refractivity contribution in [1.82, 2.24) is 9.97 Å². The van der Waals surface area contributed by atoms with Crippen LogP contribution in [0.2, 0.25) is 0 Å². The van der Waals surface area contributed by atoms with Crippen molar-refractivity contribution >= 4 is 83.7 Å². The standard InChI is InChI=1S/C50H48N6O7S2/c1-3-5-8-15-36-30-38(33-52-56-50-54-42-17-10-12-19-45(42)65-50)43(31-37(36)32-51-55-49-53-41-16-9-11-18-44(41)64-49)63-48(59)35-22-26-40(27-23-35)62-47(58)34-20-24-39(25-21-34)60-28-13-6-7-14-29-61-46(57)4-2/h4,9-12,16-27,30-33H,2-3,5-8,13-15,28-29H2,1H3,(H,53,55)(H,54,56)/b51-32+,52-33+. The van der Waals surface area contributed by atoms with E-state index in [-0.39, 0.29) is 17.1 Å². The van der Waals surface area contributed by atoms with E-state index in [0.29, 0.717) is 40.4 Å². The Balaban J connectivity index is 1.01. The number of carbonyl (C=O) groups excluding carboxylic acids is 3. The molecule has 0 saturated carbocycles. The van der Waals surface area contributed by atoms with Gasteiger partial charge in [-0.25, -0.2) is 24.4 Å². The highest BCUT2D eigenvalue weighted by atomic mass is 32.1. The number of benzene rings is 5. The molecular weight excluding hydrogens is 861 g/mol. The van der Waals surface area contributed by atoms with E-state index in [2.05, 4.69) is 44.5 Å². The Bertz CT molecular complexity index is 2720. The second-order valence-electron chi connectivity index (χ2n) is 14.7. The highest BCUT2D eigenvalue weighted by Crippen LogP contribution is 2.29. The molecule has 0 aliphatic rings. The molecule has 0 atom stereocenters. The first-order valence-corrected chi connectivity index (χ1v) is 23.0. The van der Waals surface area contributed by atoms with E-state index in [1.165, 1.54) is 22.7 Å². The first-order valence-electron chi connectivity index (χ1n) is 21.4. The maximum atomic E-state index is 13.7. The fourth-order valence-electron chi connectivity index (χ4n) is 6.56. The van der Waals surface area contributed by atoms with Gasteiger partial charge >= 0.3 is 17.9 Å². The number of aryl methyl sites for hydroxylation is 1. The number of thiazole rings is 2. The molecule has 65 heavy (non-hydrogen) atoms. The number of para-hydroxylation sites is 2. The Labute approximate surface area is 384 Å². The smallest absolute Gasteiger partial charge is 0.343 e. The normalized spacial score (nSPS) is 11.3. The van der Waals surface area contributed by atoms with Crippen molar-refractivity contribution in [3.8, 4) is 17.2 Å². The minimum atomic E-state index is -0.615. The molecule has 0 saturated heterocycles. The second kappa shape index (κ2) is 23.5. The number of esters is 3. The van der Waals surface area contributed by atoms with Gasteiger partial charge in [-0.05, 0) is 129 Å². The van der Waals surface area contributed by atoms with Gasteiger partial charge in [-0.3, -0.25) is 10.9 Å². The molecule has 7 aromatic rings. The molecular formula is C50H48N6O7S2. The van der Waals surface area contributed by atoms with Crippen LogP contribution in [-0.4, -0.2) is 53.5 Å². The quantitative estimate of drug-likeness (QED) is 0.0157. The van der Waals surface area contributed by atoms with E-state index >= 15 is 0 Å². The molecule has 5 aromatic carbocycles. The Morgan fingerprint density at radius 1 is 0.646 bits per heavy atom. The topological polar surface area (TPSA) is 163 Å². The van der Waals surface area contributed by atoms with Crippen LogP contribution in [0.5, 0.6) is 17.2 Å². The molecule has 13 nitrogen and oxygen atoms in total. The van der Waals surface area contributed by atoms with E-state index in [9.17, 15) is 14.4 Å². The van der Waals surface area contributed by atoms with Gasteiger partial charge in [0.1, 0.15) is 17.2 Å². The molecule has 0 radical (unpaired) electrons. The molecule has 332 valence electrons. The largest absolute Gasteiger partial charge is 0.494 e. The molecule has 2 aromatic heterocycles. The first kappa shape index (κ1) is 45.8.